The second-order valence-corrected chi connectivity index (χ2v) is 3.45. The van der Waals surface area contributed by atoms with Gasteiger partial charge in [-0.1, -0.05) is 29.5 Å². The Bertz CT molecular complexity index is 427. The Balaban J connectivity index is 2.76. The number of carbonyl (C=O) groups is 1. The summed E-state index contributed by atoms with van der Waals surface area (Å²) in [5.41, 5.74) is 1.81. The molecule has 0 unspecified atom stereocenters. The van der Waals surface area contributed by atoms with Crippen molar-refractivity contribution < 1.29 is 9.53 Å². The summed E-state index contributed by atoms with van der Waals surface area (Å²) in [4.78, 5) is 10.8. The summed E-state index contributed by atoms with van der Waals surface area (Å²) < 4.78 is 4.46. The summed E-state index contributed by atoms with van der Waals surface area (Å²) in [6, 6.07) is 5.60. The number of methoxy groups -OCH3 is 1. The van der Waals surface area contributed by atoms with Crippen LogP contribution < -0.4 is 0 Å². The Hall–Kier alpha value is -1.46. The van der Waals surface area contributed by atoms with Gasteiger partial charge >= 0.3 is 5.97 Å². The molecule has 78 valence electrons. The number of benzene rings is 1. The Labute approximate surface area is 94.2 Å². The fourth-order valence-corrected chi connectivity index (χ4v) is 1.29. The lowest BCUT2D eigenvalue weighted by Crippen LogP contribution is -1.97. The van der Waals surface area contributed by atoms with E-state index in [0.717, 1.165) is 11.1 Å². The highest BCUT2D eigenvalue weighted by Gasteiger charge is 1.97. The first-order valence-electron chi connectivity index (χ1n) is 4.45. The first-order valence-corrected chi connectivity index (χ1v) is 4.83. The van der Waals surface area contributed by atoms with Crippen LogP contribution in [0.3, 0.4) is 0 Å². The predicted molar refractivity (Wildman–Crippen MR) is 59.7 cm³/mol. The molecular weight excluding hydrogens is 212 g/mol. The summed E-state index contributed by atoms with van der Waals surface area (Å²) in [6.07, 6.45) is 0.0840. The SMILES string of the molecule is COC(=O)CC#Cc1ccc(C)cc1Cl. The highest BCUT2D eigenvalue weighted by Crippen LogP contribution is 2.16. The highest BCUT2D eigenvalue weighted by atomic mass is 35.5. The second kappa shape index (κ2) is 5.43. The highest BCUT2D eigenvalue weighted by molar-refractivity contribution is 6.31. The van der Waals surface area contributed by atoms with Crippen LogP contribution in [0.25, 0.3) is 0 Å². The number of halogens is 1. The smallest absolute Gasteiger partial charge is 0.317 e. The molecule has 1 aromatic carbocycles. The molecule has 0 N–H and O–H groups in total. The van der Waals surface area contributed by atoms with Gasteiger partial charge in [-0.25, -0.2) is 0 Å². The molecule has 0 aliphatic heterocycles. The van der Waals surface area contributed by atoms with Gasteiger partial charge in [0.25, 0.3) is 0 Å². The van der Waals surface area contributed by atoms with E-state index in [1.165, 1.54) is 7.11 Å². The molecule has 0 saturated heterocycles. The lowest BCUT2D eigenvalue weighted by Gasteiger charge is -1.96. The van der Waals surface area contributed by atoms with Crippen molar-refractivity contribution in [1.82, 2.24) is 0 Å². The van der Waals surface area contributed by atoms with Crippen LogP contribution in [0.2, 0.25) is 5.02 Å². The van der Waals surface area contributed by atoms with Gasteiger partial charge in [0.2, 0.25) is 0 Å². The van der Waals surface area contributed by atoms with Crippen molar-refractivity contribution >= 4 is 17.6 Å². The number of hydrogen-bond donors (Lipinski definition) is 0. The van der Waals surface area contributed by atoms with Gasteiger partial charge in [-0.05, 0) is 24.6 Å². The van der Waals surface area contributed by atoms with Gasteiger partial charge in [0, 0.05) is 5.56 Å². The maximum absolute atomic E-state index is 10.8. The zero-order valence-electron chi connectivity index (χ0n) is 8.63. The van der Waals surface area contributed by atoms with Crippen LogP contribution in [0.5, 0.6) is 0 Å². The van der Waals surface area contributed by atoms with E-state index < -0.39 is 0 Å². The minimum Gasteiger partial charge on any atom is -0.468 e. The van der Waals surface area contributed by atoms with Crippen molar-refractivity contribution in [2.45, 2.75) is 13.3 Å². The minimum atomic E-state index is -0.342. The zero-order valence-corrected chi connectivity index (χ0v) is 9.39. The Morgan fingerprint density at radius 3 is 2.87 bits per heavy atom. The van der Waals surface area contributed by atoms with E-state index in [4.69, 9.17) is 11.6 Å². The fraction of sp³-hybridized carbons (Fsp3) is 0.250. The van der Waals surface area contributed by atoms with Crippen LogP contribution in [-0.2, 0) is 9.53 Å². The van der Waals surface area contributed by atoms with Crippen molar-refractivity contribution in [3.63, 3.8) is 0 Å². The monoisotopic (exact) mass is 222 g/mol. The summed E-state index contributed by atoms with van der Waals surface area (Å²) >= 11 is 5.96. The number of aryl methyl sites for hydroxylation is 1. The van der Waals surface area contributed by atoms with Crippen LogP contribution in [0.1, 0.15) is 17.5 Å². The van der Waals surface area contributed by atoms with Crippen LogP contribution in [-0.4, -0.2) is 13.1 Å². The number of esters is 1. The predicted octanol–water partition coefficient (Wildman–Crippen LogP) is 2.56. The Morgan fingerprint density at radius 2 is 2.27 bits per heavy atom. The van der Waals surface area contributed by atoms with Gasteiger partial charge < -0.3 is 4.74 Å². The van der Waals surface area contributed by atoms with E-state index in [9.17, 15) is 4.79 Å². The zero-order chi connectivity index (χ0) is 11.3. The third kappa shape index (κ3) is 3.65. The largest absolute Gasteiger partial charge is 0.468 e. The second-order valence-electron chi connectivity index (χ2n) is 3.04. The fourth-order valence-electron chi connectivity index (χ4n) is 1.01. The van der Waals surface area contributed by atoms with Crippen LogP contribution in [0.15, 0.2) is 18.2 Å². The summed E-state index contributed by atoms with van der Waals surface area (Å²) in [7, 11) is 1.34. The number of hydrogen-bond acceptors (Lipinski definition) is 2. The molecule has 1 aromatic rings. The van der Waals surface area contributed by atoms with Gasteiger partial charge in [-0.2, -0.15) is 0 Å². The molecule has 0 aliphatic rings. The lowest BCUT2D eigenvalue weighted by atomic mass is 10.1. The Morgan fingerprint density at radius 1 is 1.53 bits per heavy atom. The van der Waals surface area contributed by atoms with E-state index in [-0.39, 0.29) is 12.4 Å². The normalized spacial score (nSPS) is 9.00. The first-order chi connectivity index (χ1) is 7.13. The van der Waals surface area contributed by atoms with Gasteiger partial charge in [-0.15, -0.1) is 0 Å². The molecule has 0 spiro atoms. The molecule has 0 aromatic heterocycles. The molecule has 0 saturated carbocycles. The number of ether oxygens (including phenoxy) is 1. The molecule has 15 heavy (non-hydrogen) atoms. The van der Waals surface area contributed by atoms with Gasteiger partial charge in [0.15, 0.2) is 0 Å². The van der Waals surface area contributed by atoms with Crippen LogP contribution in [0, 0.1) is 18.8 Å². The van der Waals surface area contributed by atoms with Crippen molar-refractivity contribution in [3.05, 3.63) is 34.3 Å². The average molecular weight is 223 g/mol. The topological polar surface area (TPSA) is 26.3 Å². The molecule has 0 bridgehead atoms. The van der Waals surface area contributed by atoms with Gasteiger partial charge in [0.05, 0.1) is 12.1 Å². The van der Waals surface area contributed by atoms with Crippen molar-refractivity contribution in [2.75, 3.05) is 7.11 Å². The molecule has 0 heterocycles. The van der Waals surface area contributed by atoms with Gasteiger partial charge in [0.1, 0.15) is 6.42 Å². The standard InChI is InChI=1S/C12H11ClO2/c1-9-6-7-10(11(13)8-9)4-3-5-12(14)15-2/h6-8H,5H2,1-2H3. The van der Waals surface area contributed by atoms with Crippen LogP contribution in [0.4, 0.5) is 0 Å². The third-order valence-electron chi connectivity index (χ3n) is 1.81. The molecular formula is C12H11ClO2. The van der Waals surface area contributed by atoms with E-state index >= 15 is 0 Å². The lowest BCUT2D eigenvalue weighted by molar-refractivity contribution is -0.139. The number of carbonyl (C=O) groups excluding carboxylic acids is 1. The third-order valence-corrected chi connectivity index (χ3v) is 2.12. The van der Waals surface area contributed by atoms with E-state index in [2.05, 4.69) is 16.6 Å². The van der Waals surface area contributed by atoms with E-state index in [1.807, 2.05) is 25.1 Å². The molecule has 0 amide bonds. The molecule has 3 heteroatoms. The molecule has 0 radical (unpaired) electrons. The quantitative estimate of drug-likeness (QED) is 0.539. The van der Waals surface area contributed by atoms with Crippen molar-refractivity contribution in [1.29, 1.82) is 0 Å². The average Bonchev–Trinajstić information content (AvgIpc) is 2.21. The van der Waals surface area contributed by atoms with E-state index in [1.54, 1.807) is 0 Å². The van der Waals surface area contributed by atoms with Crippen LogP contribution >= 0.6 is 11.6 Å². The maximum Gasteiger partial charge on any atom is 0.317 e. The summed E-state index contributed by atoms with van der Waals surface area (Å²) in [5.74, 6) is 5.18. The maximum atomic E-state index is 10.8. The summed E-state index contributed by atoms with van der Waals surface area (Å²) in [6.45, 7) is 1.96. The first kappa shape index (κ1) is 11.6. The van der Waals surface area contributed by atoms with Gasteiger partial charge in [-0.3, -0.25) is 4.79 Å². The molecule has 0 aliphatic carbocycles. The van der Waals surface area contributed by atoms with Crippen molar-refractivity contribution in [2.24, 2.45) is 0 Å². The van der Waals surface area contributed by atoms with E-state index in [0.29, 0.717) is 5.02 Å². The molecule has 0 fully saturated rings. The molecule has 2 nitrogen and oxygen atoms in total. The summed E-state index contributed by atoms with van der Waals surface area (Å²) in [5, 5.41) is 0.604. The molecule has 0 atom stereocenters. The minimum absolute atomic E-state index is 0.0840. The molecule has 1 rings (SSSR count). The number of rotatable bonds is 1. The Kier molecular flexibility index (Phi) is 4.20. The van der Waals surface area contributed by atoms with Crippen molar-refractivity contribution in [3.8, 4) is 11.8 Å².